The summed E-state index contributed by atoms with van der Waals surface area (Å²) in [5, 5.41) is 15.0. The number of hydrogen-bond acceptors (Lipinski definition) is 6. The quantitative estimate of drug-likeness (QED) is 0.420. The second-order valence-corrected chi connectivity index (χ2v) is 4.98. The van der Waals surface area contributed by atoms with Gasteiger partial charge in [-0.3, -0.25) is 15.0 Å². The first-order valence-electron chi connectivity index (χ1n) is 6.92. The van der Waals surface area contributed by atoms with Crippen LogP contribution in [0.3, 0.4) is 0 Å². The fraction of sp³-hybridized carbons (Fsp3) is 0.429. The number of hydrogen-bond donors (Lipinski definition) is 0. The smallest absolute Gasteiger partial charge is 0.269 e. The van der Waals surface area contributed by atoms with Crippen LogP contribution in [-0.4, -0.2) is 51.9 Å². The first kappa shape index (κ1) is 16.1. The maximum absolute atomic E-state index is 10.6. The minimum Gasteiger partial charge on any atom is -0.385 e. The Morgan fingerprint density at radius 1 is 1.36 bits per heavy atom. The Balaban J connectivity index is 1.97. The molecule has 8 heteroatoms. The first-order valence-corrected chi connectivity index (χ1v) is 6.92. The van der Waals surface area contributed by atoms with Gasteiger partial charge in [0.2, 0.25) is 0 Å². The lowest BCUT2D eigenvalue weighted by Crippen LogP contribution is -2.24. The van der Waals surface area contributed by atoms with E-state index in [0.29, 0.717) is 12.5 Å². The monoisotopic (exact) mass is 305 g/mol. The molecule has 0 saturated heterocycles. The standard InChI is InChI=1S/C14H19N5O3/c1-17(8-3-9-22-2)11-18-10-15-14(16-18)12-4-6-13(7-5-12)19(20)21/h4-7,10H,3,8-9,11H2,1-2H3. The predicted molar refractivity (Wildman–Crippen MR) is 81.2 cm³/mol. The van der Waals surface area contributed by atoms with Crippen molar-refractivity contribution in [3.05, 3.63) is 40.7 Å². The van der Waals surface area contributed by atoms with E-state index < -0.39 is 4.92 Å². The topological polar surface area (TPSA) is 86.3 Å². The number of ether oxygens (including phenoxy) is 1. The number of nitrogens with zero attached hydrogens (tertiary/aromatic N) is 5. The summed E-state index contributed by atoms with van der Waals surface area (Å²) >= 11 is 0. The van der Waals surface area contributed by atoms with E-state index in [1.165, 1.54) is 12.1 Å². The Morgan fingerprint density at radius 3 is 2.73 bits per heavy atom. The van der Waals surface area contributed by atoms with E-state index in [9.17, 15) is 10.1 Å². The highest BCUT2D eigenvalue weighted by Gasteiger charge is 2.09. The molecule has 0 atom stereocenters. The van der Waals surface area contributed by atoms with E-state index in [4.69, 9.17) is 4.74 Å². The van der Waals surface area contributed by atoms with Crippen molar-refractivity contribution >= 4 is 5.69 Å². The van der Waals surface area contributed by atoms with Crippen molar-refractivity contribution in [2.24, 2.45) is 0 Å². The van der Waals surface area contributed by atoms with Crippen LogP contribution >= 0.6 is 0 Å². The van der Waals surface area contributed by atoms with Crippen molar-refractivity contribution in [2.45, 2.75) is 13.1 Å². The molecule has 0 fully saturated rings. The van der Waals surface area contributed by atoms with Gasteiger partial charge in [-0.05, 0) is 25.6 Å². The fourth-order valence-corrected chi connectivity index (χ4v) is 2.02. The minimum absolute atomic E-state index is 0.0565. The molecule has 0 N–H and O–H groups in total. The summed E-state index contributed by atoms with van der Waals surface area (Å²) in [7, 11) is 3.69. The van der Waals surface area contributed by atoms with E-state index in [1.807, 2.05) is 7.05 Å². The SMILES string of the molecule is COCCCN(C)Cn1cnc(-c2ccc([N+](=O)[O-])cc2)n1. The molecule has 0 aliphatic carbocycles. The zero-order valence-electron chi connectivity index (χ0n) is 12.7. The van der Waals surface area contributed by atoms with Crippen LogP contribution in [0, 0.1) is 10.1 Å². The molecule has 0 radical (unpaired) electrons. The third-order valence-corrected chi connectivity index (χ3v) is 3.15. The number of nitro groups is 1. The highest BCUT2D eigenvalue weighted by Crippen LogP contribution is 2.18. The van der Waals surface area contributed by atoms with Gasteiger partial charge in [0.1, 0.15) is 6.33 Å². The molecule has 0 aliphatic heterocycles. The normalized spacial score (nSPS) is 11.0. The number of aromatic nitrogens is 3. The largest absolute Gasteiger partial charge is 0.385 e. The lowest BCUT2D eigenvalue weighted by molar-refractivity contribution is -0.384. The van der Waals surface area contributed by atoms with E-state index in [0.717, 1.165) is 25.1 Å². The molecule has 1 aromatic heterocycles. The van der Waals surface area contributed by atoms with Gasteiger partial charge in [-0.2, -0.15) is 0 Å². The first-order chi connectivity index (χ1) is 10.6. The Labute approximate surface area is 128 Å². The predicted octanol–water partition coefficient (Wildman–Crippen LogP) is 1.78. The second-order valence-electron chi connectivity index (χ2n) is 4.98. The van der Waals surface area contributed by atoms with Gasteiger partial charge in [-0.1, -0.05) is 0 Å². The van der Waals surface area contributed by atoms with E-state index in [1.54, 1.807) is 30.3 Å². The molecule has 0 saturated carbocycles. The Kier molecular flexibility index (Phi) is 5.56. The fourth-order valence-electron chi connectivity index (χ4n) is 2.02. The van der Waals surface area contributed by atoms with Gasteiger partial charge in [-0.15, -0.1) is 5.10 Å². The highest BCUT2D eigenvalue weighted by molar-refractivity contribution is 5.56. The molecule has 0 spiro atoms. The van der Waals surface area contributed by atoms with Crippen LogP contribution in [0.4, 0.5) is 5.69 Å². The van der Waals surface area contributed by atoms with Crippen molar-refractivity contribution in [2.75, 3.05) is 27.3 Å². The molecule has 0 aliphatic rings. The molecule has 1 aromatic carbocycles. The number of methoxy groups -OCH3 is 1. The summed E-state index contributed by atoms with van der Waals surface area (Å²) < 4.78 is 6.76. The van der Waals surface area contributed by atoms with Crippen LogP contribution in [0.5, 0.6) is 0 Å². The molecule has 118 valence electrons. The van der Waals surface area contributed by atoms with Crippen molar-refractivity contribution in [1.29, 1.82) is 0 Å². The summed E-state index contributed by atoms with van der Waals surface area (Å²) in [4.78, 5) is 16.6. The van der Waals surface area contributed by atoms with Gasteiger partial charge in [0, 0.05) is 38.0 Å². The van der Waals surface area contributed by atoms with Crippen molar-refractivity contribution in [3.63, 3.8) is 0 Å². The Hall–Kier alpha value is -2.32. The van der Waals surface area contributed by atoms with Gasteiger partial charge in [0.05, 0.1) is 11.6 Å². The summed E-state index contributed by atoms with van der Waals surface area (Å²) in [6.07, 6.45) is 2.61. The maximum atomic E-state index is 10.6. The van der Waals surface area contributed by atoms with Gasteiger partial charge >= 0.3 is 0 Å². The van der Waals surface area contributed by atoms with Crippen molar-refractivity contribution < 1.29 is 9.66 Å². The van der Waals surface area contributed by atoms with Gasteiger partial charge in [0.25, 0.3) is 5.69 Å². The summed E-state index contributed by atoms with van der Waals surface area (Å²) in [6, 6.07) is 6.21. The van der Waals surface area contributed by atoms with Crippen LogP contribution in [0.15, 0.2) is 30.6 Å². The third-order valence-electron chi connectivity index (χ3n) is 3.15. The summed E-state index contributed by atoms with van der Waals surface area (Å²) in [5.41, 5.74) is 0.812. The Morgan fingerprint density at radius 2 is 2.09 bits per heavy atom. The van der Waals surface area contributed by atoms with Crippen LogP contribution < -0.4 is 0 Å². The molecule has 0 bridgehead atoms. The van der Waals surface area contributed by atoms with E-state index in [2.05, 4.69) is 15.0 Å². The average Bonchev–Trinajstić information content (AvgIpc) is 2.96. The Bertz CT molecular complexity index is 611. The van der Waals surface area contributed by atoms with Crippen LogP contribution in [0.25, 0.3) is 11.4 Å². The number of nitro benzene ring substituents is 1. The highest BCUT2D eigenvalue weighted by atomic mass is 16.6. The van der Waals surface area contributed by atoms with Gasteiger partial charge < -0.3 is 4.74 Å². The van der Waals surface area contributed by atoms with E-state index in [-0.39, 0.29) is 5.69 Å². The summed E-state index contributed by atoms with van der Waals surface area (Å²) in [5.74, 6) is 0.556. The minimum atomic E-state index is -0.426. The zero-order valence-corrected chi connectivity index (χ0v) is 12.7. The van der Waals surface area contributed by atoms with Gasteiger partial charge in [0.15, 0.2) is 5.82 Å². The molecular formula is C14H19N5O3. The van der Waals surface area contributed by atoms with Crippen LogP contribution in [-0.2, 0) is 11.4 Å². The molecular weight excluding hydrogens is 286 g/mol. The third kappa shape index (κ3) is 4.34. The maximum Gasteiger partial charge on any atom is 0.269 e. The molecule has 8 nitrogen and oxygen atoms in total. The molecule has 22 heavy (non-hydrogen) atoms. The van der Waals surface area contributed by atoms with Crippen LogP contribution in [0.2, 0.25) is 0 Å². The zero-order chi connectivity index (χ0) is 15.9. The molecule has 0 amide bonds. The van der Waals surface area contributed by atoms with E-state index >= 15 is 0 Å². The number of benzene rings is 1. The number of non-ortho nitro benzene ring substituents is 1. The molecule has 1 heterocycles. The molecule has 0 unspecified atom stereocenters. The molecule has 2 aromatic rings. The van der Waals surface area contributed by atoms with Crippen molar-refractivity contribution in [1.82, 2.24) is 19.7 Å². The summed E-state index contributed by atoms with van der Waals surface area (Å²) in [6.45, 7) is 2.26. The van der Waals surface area contributed by atoms with Crippen molar-refractivity contribution in [3.8, 4) is 11.4 Å². The number of rotatable bonds is 8. The molecule has 2 rings (SSSR count). The average molecular weight is 305 g/mol. The lowest BCUT2D eigenvalue weighted by Gasteiger charge is -2.15. The lowest BCUT2D eigenvalue weighted by atomic mass is 10.2. The van der Waals surface area contributed by atoms with Crippen LogP contribution in [0.1, 0.15) is 6.42 Å². The second kappa shape index (κ2) is 7.62. The van der Waals surface area contributed by atoms with Gasteiger partial charge in [-0.25, -0.2) is 9.67 Å².